The number of hydrogen-bond donors (Lipinski definition) is 1. The Morgan fingerprint density at radius 3 is 2.62 bits per heavy atom. The molecule has 1 aromatic heterocycles. The minimum atomic E-state index is -0.309. The predicted octanol–water partition coefficient (Wildman–Crippen LogP) is 3.41. The molecule has 0 bridgehead atoms. The van der Waals surface area contributed by atoms with E-state index in [0.717, 1.165) is 43.9 Å². The van der Waals surface area contributed by atoms with E-state index >= 15 is 0 Å². The lowest BCUT2D eigenvalue weighted by Gasteiger charge is -2.34. The highest BCUT2D eigenvalue weighted by Crippen LogP contribution is 2.34. The van der Waals surface area contributed by atoms with Crippen LogP contribution in [0.2, 0.25) is 0 Å². The van der Waals surface area contributed by atoms with E-state index in [1.807, 2.05) is 12.1 Å². The molecule has 5 nitrogen and oxygen atoms in total. The molecule has 1 fully saturated rings. The van der Waals surface area contributed by atoms with Gasteiger partial charge in [0.05, 0.1) is 4.92 Å². The fourth-order valence-corrected chi connectivity index (χ4v) is 3.38. The second-order valence-electron chi connectivity index (χ2n) is 4.60. The van der Waals surface area contributed by atoms with Crippen LogP contribution >= 0.6 is 36.2 Å². The SMILES string of the molecule is C=CCC[C@@H](c1ccc([N+](=O)[O-])s1)N1CCNCC1.Cl.Cl. The van der Waals surface area contributed by atoms with Crippen LogP contribution < -0.4 is 5.32 Å². The second-order valence-corrected chi connectivity index (χ2v) is 5.69. The Bertz CT molecular complexity index is 450. The average molecular weight is 354 g/mol. The number of piperazine rings is 1. The monoisotopic (exact) mass is 353 g/mol. The van der Waals surface area contributed by atoms with Crippen LogP contribution in [0.4, 0.5) is 5.00 Å². The first-order valence-corrected chi connectivity index (χ1v) is 7.34. The largest absolute Gasteiger partial charge is 0.324 e. The summed E-state index contributed by atoms with van der Waals surface area (Å²) < 4.78 is 0. The van der Waals surface area contributed by atoms with Crippen molar-refractivity contribution in [2.24, 2.45) is 0 Å². The van der Waals surface area contributed by atoms with Crippen LogP contribution in [0, 0.1) is 10.1 Å². The van der Waals surface area contributed by atoms with Gasteiger partial charge in [0.2, 0.25) is 0 Å². The minimum absolute atomic E-state index is 0. The van der Waals surface area contributed by atoms with Crippen molar-refractivity contribution in [1.29, 1.82) is 0 Å². The fraction of sp³-hybridized carbons (Fsp3) is 0.538. The number of thiophene rings is 1. The number of rotatable bonds is 6. The molecule has 120 valence electrons. The fourth-order valence-electron chi connectivity index (χ4n) is 2.39. The first-order chi connectivity index (χ1) is 9.22. The van der Waals surface area contributed by atoms with Gasteiger partial charge in [0.25, 0.3) is 0 Å². The quantitative estimate of drug-likeness (QED) is 0.483. The van der Waals surface area contributed by atoms with E-state index in [9.17, 15) is 10.1 Å². The Balaban J connectivity index is 0.00000200. The summed E-state index contributed by atoms with van der Waals surface area (Å²) in [5.41, 5.74) is 0. The number of nitrogens with one attached hydrogen (secondary N) is 1. The Kier molecular flexibility index (Phi) is 9.81. The van der Waals surface area contributed by atoms with E-state index in [1.165, 1.54) is 11.3 Å². The highest BCUT2D eigenvalue weighted by Gasteiger charge is 2.24. The molecule has 1 aliphatic rings. The third-order valence-electron chi connectivity index (χ3n) is 3.36. The Hall–Kier alpha value is -0.660. The summed E-state index contributed by atoms with van der Waals surface area (Å²) >= 11 is 1.30. The summed E-state index contributed by atoms with van der Waals surface area (Å²) in [4.78, 5) is 14.0. The Morgan fingerprint density at radius 2 is 2.10 bits per heavy atom. The van der Waals surface area contributed by atoms with Crippen molar-refractivity contribution in [3.63, 3.8) is 0 Å². The smallest absolute Gasteiger partial charge is 0.314 e. The van der Waals surface area contributed by atoms with Crippen molar-refractivity contribution >= 4 is 41.2 Å². The minimum Gasteiger partial charge on any atom is -0.314 e. The van der Waals surface area contributed by atoms with Crippen LogP contribution in [0.3, 0.4) is 0 Å². The number of halogens is 2. The summed E-state index contributed by atoms with van der Waals surface area (Å²) in [6.07, 6.45) is 3.82. The average Bonchev–Trinajstić information content (AvgIpc) is 2.90. The molecule has 8 heteroatoms. The van der Waals surface area contributed by atoms with Gasteiger partial charge in [-0.3, -0.25) is 15.0 Å². The highest BCUT2D eigenvalue weighted by atomic mass is 35.5. The van der Waals surface area contributed by atoms with E-state index in [1.54, 1.807) is 6.07 Å². The van der Waals surface area contributed by atoms with Gasteiger partial charge in [0.1, 0.15) is 0 Å². The molecule has 0 radical (unpaired) electrons. The molecule has 1 saturated heterocycles. The van der Waals surface area contributed by atoms with Gasteiger partial charge in [-0.05, 0) is 18.9 Å². The molecule has 1 N–H and O–H groups in total. The van der Waals surface area contributed by atoms with Crippen molar-refractivity contribution in [2.45, 2.75) is 18.9 Å². The lowest BCUT2D eigenvalue weighted by molar-refractivity contribution is -0.380. The van der Waals surface area contributed by atoms with Crippen molar-refractivity contribution in [2.75, 3.05) is 26.2 Å². The third kappa shape index (κ3) is 5.56. The van der Waals surface area contributed by atoms with Crippen molar-refractivity contribution in [3.05, 3.63) is 39.8 Å². The van der Waals surface area contributed by atoms with Gasteiger partial charge < -0.3 is 5.32 Å². The van der Waals surface area contributed by atoms with Gasteiger partial charge in [-0.25, -0.2) is 0 Å². The van der Waals surface area contributed by atoms with E-state index in [2.05, 4.69) is 16.8 Å². The molecule has 2 heterocycles. The molecule has 1 aliphatic heterocycles. The number of allylic oxidation sites excluding steroid dienone is 1. The molecule has 1 atom stereocenters. The standard InChI is InChI=1S/C13H19N3O2S.2ClH/c1-2-3-4-11(15-9-7-14-8-10-15)12-5-6-13(19-12)16(17)18;;/h2,5-6,11,14H,1,3-4,7-10H2;2*1H/t11-;;/m0../s1. The molecule has 0 saturated carbocycles. The van der Waals surface area contributed by atoms with Crippen LogP contribution in [0.25, 0.3) is 0 Å². The molecule has 0 aromatic carbocycles. The lowest BCUT2D eigenvalue weighted by atomic mass is 10.1. The van der Waals surface area contributed by atoms with Gasteiger partial charge in [0, 0.05) is 43.2 Å². The maximum atomic E-state index is 10.8. The highest BCUT2D eigenvalue weighted by molar-refractivity contribution is 7.15. The van der Waals surface area contributed by atoms with Gasteiger partial charge in [-0.1, -0.05) is 17.4 Å². The molecule has 2 rings (SSSR count). The van der Waals surface area contributed by atoms with E-state index in [-0.39, 0.29) is 40.8 Å². The van der Waals surface area contributed by atoms with E-state index in [0.29, 0.717) is 0 Å². The molecule has 0 amide bonds. The first kappa shape index (κ1) is 20.3. The second kappa shape index (κ2) is 10.1. The molecule has 1 aromatic rings. The van der Waals surface area contributed by atoms with E-state index in [4.69, 9.17) is 0 Å². The van der Waals surface area contributed by atoms with Crippen LogP contribution in [0.5, 0.6) is 0 Å². The zero-order chi connectivity index (χ0) is 13.7. The van der Waals surface area contributed by atoms with Crippen molar-refractivity contribution in [1.82, 2.24) is 10.2 Å². The van der Waals surface area contributed by atoms with Crippen LogP contribution in [-0.2, 0) is 0 Å². The van der Waals surface area contributed by atoms with Crippen molar-refractivity contribution in [3.8, 4) is 0 Å². The van der Waals surface area contributed by atoms with E-state index < -0.39 is 0 Å². The van der Waals surface area contributed by atoms with Crippen LogP contribution in [-0.4, -0.2) is 36.0 Å². The first-order valence-electron chi connectivity index (χ1n) is 6.52. The lowest BCUT2D eigenvalue weighted by Crippen LogP contribution is -2.45. The normalized spacial score (nSPS) is 16.4. The topological polar surface area (TPSA) is 58.4 Å². The Morgan fingerprint density at radius 1 is 1.43 bits per heavy atom. The number of nitro groups is 1. The zero-order valence-electron chi connectivity index (χ0n) is 11.7. The maximum absolute atomic E-state index is 10.8. The molecule has 0 spiro atoms. The van der Waals surface area contributed by atoms with Gasteiger partial charge in [0.15, 0.2) is 0 Å². The van der Waals surface area contributed by atoms with Crippen LogP contribution in [0.1, 0.15) is 23.8 Å². The van der Waals surface area contributed by atoms with Gasteiger partial charge >= 0.3 is 5.00 Å². The summed E-state index contributed by atoms with van der Waals surface area (Å²) in [5, 5.41) is 14.4. The summed E-state index contributed by atoms with van der Waals surface area (Å²) in [7, 11) is 0. The Labute approximate surface area is 141 Å². The third-order valence-corrected chi connectivity index (χ3v) is 4.50. The maximum Gasteiger partial charge on any atom is 0.324 e. The van der Waals surface area contributed by atoms with Gasteiger partial charge in [-0.2, -0.15) is 0 Å². The van der Waals surface area contributed by atoms with Crippen LogP contribution in [0.15, 0.2) is 24.8 Å². The summed E-state index contributed by atoms with van der Waals surface area (Å²) in [5.74, 6) is 0. The van der Waals surface area contributed by atoms with Gasteiger partial charge in [-0.15, -0.1) is 31.4 Å². The molecule has 0 aliphatic carbocycles. The summed E-state index contributed by atoms with van der Waals surface area (Å²) in [6.45, 7) is 7.72. The molecular weight excluding hydrogens is 333 g/mol. The predicted molar refractivity (Wildman–Crippen MR) is 92.1 cm³/mol. The molecular formula is C13H21Cl2N3O2S. The number of nitrogens with zero attached hydrogens (tertiary/aromatic N) is 2. The number of hydrogen-bond acceptors (Lipinski definition) is 5. The molecule has 0 unspecified atom stereocenters. The van der Waals surface area contributed by atoms with Crippen molar-refractivity contribution < 1.29 is 4.92 Å². The summed E-state index contributed by atoms with van der Waals surface area (Å²) in [6, 6.07) is 3.79. The molecule has 21 heavy (non-hydrogen) atoms. The zero-order valence-corrected chi connectivity index (χ0v) is 14.1.